The maximum atomic E-state index is 5.15. The monoisotopic (exact) mass is 356 g/mol. The van der Waals surface area contributed by atoms with E-state index in [4.69, 9.17) is 9.73 Å². The quantitative estimate of drug-likeness (QED) is 0.484. The van der Waals surface area contributed by atoms with E-state index in [0.29, 0.717) is 6.54 Å². The predicted octanol–water partition coefficient (Wildman–Crippen LogP) is 1.66. The molecular weight excluding hydrogens is 328 g/mol. The number of fused-ring (bicyclic) bond motifs is 1. The number of nitrogens with zero attached hydrogens (tertiary/aromatic N) is 5. The number of nitrogens with one attached hydrogen (secondary N) is 1. The lowest BCUT2D eigenvalue weighted by atomic mass is 10.0. The molecule has 0 saturated heterocycles. The highest BCUT2D eigenvalue weighted by atomic mass is 16.5. The molecule has 0 bridgehead atoms. The van der Waals surface area contributed by atoms with Crippen LogP contribution in [0.1, 0.15) is 29.2 Å². The van der Waals surface area contributed by atoms with Crippen molar-refractivity contribution in [3.05, 3.63) is 47.0 Å². The van der Waals surface area contributed by atoms with E-state index in [1.807, 2.05) is 18.5 Å². The Morgan fingerprint density at radius 1 is 1.27 bits per heavy atom. The number of methoxy groups -OCH3 is 1. The van der Waals surface area contributed by atoms with Gasteiger partial charge in [0.05, 0.1) is 0 Å². The van der Waals surface area contributed by atoms with Crippen molar-refractivity contribution in [1.29, 1.82) is 0 Å². The molecule has 3 rings (SSSR count). The Morgan fingerprint density at radius 2 is 2.08 bits per heavy atom. The first-order valence-electron chi connectivity index (χ1n) is 9.13. The van der Waals surface area contributed by atoms with Crippen molar-refractivity contribution in [3.8, 4) is 0 Å². The van der Waals surface area contributed by atoms with Crippen molar-refractivity contribution in [2.75, 3.05) is 26.8 Å². The Labute approximate surface area is 155 Å². The summed E-state index contributed by atoms with van der Waals surface area (Å²) in [6.45, 7) is 5.89. The normalized spacial score (nSPS) is 14.4. The van der Waals surface area contributed by atoms with Crippen LogP contribution >= 0.6 is 0 Å². The molecule has 0 spiro atoms. The molecule has 1 aromatic heterocycles. The number of guanidine groups is 1. The van der Waals surface area contributed by atoms with Gasteiger partial charge in [0.25, 0.3) is 0 Å². The van der Waals surface area contributed by atoms with E-state index in [-0.39, 0.29) is 0 Å². The Morgan fingerprint density at radius 3 is 2.81 bits per heavy atom. The summed E-state index contributed by atoms with van der Waals surface area (Å²) in [5, 5.41) is 11.8. The maximum Gasteiger partial charge on any atom is 0.194 e. The van der Waals surface area contributed by atoms with Crippen LogP contribution in [0.3, 0.4) is 0 Å². The molecule has 1 aliphatic rings. The number of ether oxygens (including phenoxy) is 1. The van der Waals surface area contributed by atoms with Crippen molar-refractivity contribution in [2.45, 2.75) is 32.9 Å². The van der Waals surface area contributed by atoms with Gasteiger partial charge in [-0.25, -0.2) is 4.99 Å². The van der Waals surface area contributed by atoms with Gasteiger partial charge >= 0.3 is 0 Å². The van der Waals surface area contributed by atoms with Crippen LogP contribution in [0, 0.1) is 6.92 Å². The molecular formula is C19H28N6O. The van der Waals surface area contributed by atoms with Gasteiger partial charge in [0.15, 0.2) is 11.8 Å². The smallest absolute Gasteiger partial charge is 0.194 e. The fraction of sp³-hybridized carbons (Fsp3) is 0.526. The molecule has 0 aliphatic carbocycles. The molecule has 2 heterocycles. The zero-order chi connectivity index (χ0) is 18.4. The molecule has 140 valence electrons. The minimum atomic E-state index is 0.516. The van der Waals surface area contributed by atoms with E-state index in [0.717, 1.165) is 56.7 Å². The van der Waals surface area contributed by atoms with Gasteiger partial charge in [-0.1, -0.05) is 24.3 Å². The average Bonchev–Trinajstić information content (AvgIpc) is 2.99. The van der Waals surface area contributed by atoms with Crippen molar-refractivity contribution in [3.63, 3.8) is 0 Å². The van der Waals surface area contributed by atoms with Crippen LogP contribution in [-0.2, 0) is 31.3 Å². The summed E-state index contributed by atoms with van der Waals surface area (Å²) in [7, 11) is 3.70. The van der Waals surface area contributed by atoms with E-state index >= 15 is 0 Å². The van der Waals surface area contributed by atoms with Crippen molar-refractivity contribution in [2.24, 2.45) is 12.0 Å². The van der Waals surface area contributed by atoms with Crippen LogP contribution in [0.4, 0.5) is 0 Å². The van der Waals surface area contributed by atoms with E-state index < -0.39 is 0 Å². The predicted molar refractivity (Wildman–Crippen MR) is 102 cm³/mol. The number of rotatable bonds is 6. The summed E-state index contributed by atoms with van der Waals surface area (Å²) in [5.74, 6) is 2.70. The molecule has 7 heteroatoms. The van der Waals surface area contributed by atoms with Crippen molar-refractivity contribution in [1.82, 2.24) is 25.0 Å². The third-order valence-electron chi connectivity index (χ3n) is 4.79. The first-order valence-corrected chi connectivity index (χ1v) is 9.13. The van der Waals surface area contributed by atoms with Crippen LogP contribution in [0.2, 0.25) is 0 Å². The number of aromatic nitrogens is 3. The maximum absolute atomic E-state index is 5.15. The molecule has 1 aromatic carbocycles. The van der Waals surface area contributed by atoms with Gasteiger partial charge in [-0.3, -0.25) is 0 Å². The molecule has 7 nitrogen and oxygen atoms in total. The molecule has 0 radical (unpaired) electrons. The highest BCUT2D eigenvalue weighted by Gasteiger charge is 2.19. The number of hydrogen-bond acceptors (Lipinski definition) is 4. The molecule has 0 atom stereocenters. The van der Waals surface area contributed by atoms with Crippen LogP contribution in [0.25, 0.3) is 0 Å². The first-order chi connectivity index (χ1) is 12.7. The van der Waals surface area contributed by atoms with E-state index in [2.05, 4.69) is 44.7 Å². The lowest BCUT2D eigenvalue weighted by Crippen LogP contribution is -2.44. The number of aliphatic imine (C=N–C) groups is 1. The fourth-order valence-electron chi connectivity index (χ4n) is 3.10. The second-order valence-corrected chi connectivity index (χ2v) is 6.58. The van der Waals surface area contributed by atoms with Gasteiger partial charge in [-0.2, -0.15) is 0 Å². The van der Waals surface area contributed by atoms with Gasteiger partial charge in [0, 0.05) is 40.4 Å². The molecule has 0 saturated carbocycles. The Bertz CT molecular complexity index is 754. The SMILES string of the molecule is COCCCNC(=NCc1nnc(C)n1C)N1CCc2ccccc2C1. The number of benzene rings is 1. The van der Waals surface area contributed by atoms with Crippen LogP contribution in [0.15, 0.2) is 29.3 Å². The van der Waals surface area contributed by atoms with Gasteiger partial charge < -0.3 is 19.5 Å². The molecule has 1 aliphatic heterocycles. The molecule has 0 unspecified atom stereocenters. The van der Waals surface area contributed by atoms with Gasteiger partial charge in [0.2, 0.25) is 0 Å². The van der Waals surface area contributed by atoms with E-state index in [1.165, 1.54) is 11.1 Å². The van der Waals surface area contributed by atoms with E-state index in [9.17, 15) is 0 Å². The Hall–Kier alpha value is -2.41. The topological polar surface area (TPSA) is 67.6 Å². The summed E-state index contributed by atoms with van der Waals surface area (Å²) in [6, 6.07) is 8.64. The van der Waals surface area contributed by atoms with Crippen molar-refractivity contribution < 1.29 is 4.74 Å². The highest BCUT2D eigenvalue weighted by Crippen LogP contribution is 2.18. The van der Waals surface area contributed by atoms with Crippen LogP contribution < -0.4 is 5.32 Å². The van der Waals surface area contributed by atoms with Gasteiger partial charge in [-0.05, 0) is 30.9 Å². The third kappa shape index (κ3) is 4.40. The van der Waals surface area contributed by atoms with Gasteiger partial charge in [0.1, 0.15) is 12.4 Å². The molecule has 1 N–H and O–H groups in total. The molecule has 0 amide bonds. The summed E-state index contributed by atoms with van der Waals surface area (Å²) < 4.78 is 7.13. The zero-order valence-corrected chi connectivity index (χ0v) is 15.9. The first kappa shape index (κ1) is 18.4. The summed E-state index contributed by atoms with van der Waals surface area (Å²) in [4.78, 5) is 7.15. The number of aryl methyl sites for hydroxylation is 1. The van der Waals surface area contributed by atoms with Crippen molar-refractivity contribution >= 4 is 5.96 Å². The largest absolute Gasteiger partial charge is 0.385 e. The van der Waals surface area contributed by atoms with Crippen LogP contribution in [-0.4, -0.2) is 52.4 Å². The second kappa shape index (κ2) is 8.80. The van der Waals surface area contributed by atoms with Gasteiger partial charge in [-0.15, -0.1) is 10.2 Å². The zero-order valence-electron chi connectivity index (χ0n) is 15.9. The highest BCUT2D eigenvalue weighted by molar-refractivity contribution is 5.80. The third-order valence-corrected chi connectivity index (χ3v) is 4.79. The van der Waals surface area contributed by atoms with E-state index in [1.54, 1.807) is 7.11 Å². The lowest BCUT2D eigenvalue weighted by molar-refractivity contribution is 0.195. The van der Waals surface area contributed by atoms with Crippen LogP contribution in [0.5, 0.6) is 0 Å². The standard InChI is InChI=1S/C19H28N6O/c1-15-22-23-18(24(15)2)13-21-19(20-10-6-12-26-3)25-11-9-16-7-4-5-8-17(16)14-25/h4-5,7-8H,6,9-14H2,1-3H3,(H,20,21). The Kier molecular flexibility index (Phi) is 6.22. The summed E-state index contributed by atoms with van der Waals surface area (Å²) in [5.41, 5.74) is 2.81. The summed E-state index contributed by atoms with van der Waals surface area (Å²) in [6.07, 6.45) is 1.99. The summed E-state index contributed by atoms with van der Waals surface area (Å²) >= 11 is 0. The fourth-order valence-corrected chi connectivity index (χ4v) is 3.10. The number of hydrogen-bond donors (Lipinski definition) is 1. The minimum Gasteiger partial charge on any atom is -0.385 e. The average molecular weight is 356 g/mol. The second-order valence-electron chi connectivity index (χ2n) is 6.58. The molecule has 26 heavy (non-hydrogen) atoms. The lowest BCUT2D eigenvalue weighted by Gasteiger charge is -2.32. The Balaban J connectivity index is 1.72. The molecule has 0 fully saturated rings. The minimum absolute atomic E-state index is 0.516. The molecule has 2 aromatic rings.